The van der Waals surface area contributed by atoms with Gasteiger partial charge in [0.05, 0.1) is 12.2 Å². The Morgan fingerprint density at radius 1 is 0.562 bits per heavy atom. The van der Waals surface area contributed by atoms with Gasteiger partial charge in [0.25, 0.3) is 0 Å². The second-order valence-corrected chi connectivity index (χ2v) is 24.2. The van der Waals surface area contributed by atoms with E-state index in [0.717, 1.165) is 0 Å². The predicted molar refractivity (Wildman–Crippen MR) is 127 cm³/mol. The third-order valence-electron chi connectivity index (χ3n) is 3.84. The number of hydrogen-bond donors (Lipinski definition) is 3. The van der Waals surface area contributed by atoms with Gasteiger partial charge in [0.1, 0.15) is 6.10 Å². The average Bonchev–Trinajstić information content (AvgIpc) is 2.60. The van der Waals surface area contributed by atoms with Crippen LogP contribution in [0.4, 0.5) is 0 Å². The Hall–Kier alpha value is 0.604. The van der Waals surface area contributed by atoms with Gasteiger partial charge in [-0.2, -0.15) is 0 Å². The van der Waals surface area contributed by atoms with E-state index < -0.39 is 62.1 Å². The summed E-state index contributed by atoms with van der Waals surface area (Å²) >= 11 is 0. The summed E-state index contributed by atoms with van der Waals surface area (Å²) < 4.78 is 52.0. The van der Waals surface area contributed by atoms with Crippen LogP contribution in [-0.4, -0.2) is 106 Å². The molecular formula is C15H42O12Si5. The molecule has 32 heavy (non-hydrogen) atoms. The molecule has 3 N–H and O–H groups in total. The van der Waals surface area contributed by atoms with Gasteiger partial charge in [-0.1, -0.05) is 0 Å². The van der Waals surface area contributed by atoms with Gasteiger partial charge in [-0.15, -0.1) is 0 Å². The van der Waals surface area contributed by atoms with E-state index in [9.17, 15) is 15.0 Å². The maximum Gasteiger partial charge on any atom is 0.673 e. The lowest BCUT2D eigenvalue weighted by Gasteiger charge is -2.41. The first kappa shape index (κ1) is 32.6. The molecule has 0 bridgehead atoms. The monoisotopic (exact) mass is 554 g/mol. The van der Waals surface area contributed by atoms with Gasteiger partial charge in [-0.25, -0.2) is 0 Å². The first-order valence-corrected chi connectivity index (χ1v) is 21.8. The zero-order valence-corrected chi connectivity index (χ0v) is 26.2. The topological polar surface area (TPSA) is 144 Å². The van der Waals surface area contributed by atoms with Crippen molar-refractivity contribution in [3.05, 3.63) is 0 Å². The molecular weight excluding hydrogens is 513 g/mol. The number of hydrogen-bond acceptors (Lipinski definition) is 12. The highest BCUT2D eigenvalue weighted by Crippen LogP contribution is 2.28. The molecule has 17 heteroatoms. The Kier molecular flexibility index (Phi) is 12.8. The molecule has 2 unspecified atom stereocenters. The lowest BCUT2D eigenvalue weighted by Crippen LogP contribution is -2.66. The van der Waals surface area contributed by atoms with Crippen molar-refractivity contribution >= 4 is 43.8 Å². The SMILES string of the molecule is CO[Si](OC)(OC(C(C)O)[C@H](C)O)O[Si](OC)(OC)O[Si](C)(C)O[Si](C)(C)O[Si](C)(C)O. The highest BCUT2D eigenvalue weighted by molar-refractivity contribution is 6.86. The van der Waals surface area contributed by atoms with Crippen molar-refractivity contribution in [2.45, 2.75) is 71.4 Å². The van der Waals surface area contributed by atoms with Crippen molar-refractivity contribution < 1.29 is 53.6 Å². The predicted octanol–water partition coefficient (Wildman–Crippen LogP) is 0.754. The molecule has 0 spiro atoms. The van der Waals surface area contributed by atoms with Gasteiger partial charge in [-0.05, 0) is 53.1 Å². The molecule has 0 aromatic carbocycles. The van der Waals surface area contributed by atoms with Gasteiger partial charge in [-0.3, -0.25) is 0 Å². The zero-order valence-electron chi connectivity index (χ0n) is 21.2. The maximum absolute atomic E-state index is 10.2. The van der Waals surface area contributed by atoms with Crippen LogP contribution < -0.4 is 0 Å². The van der Waals surface area contributed by atoms with Crippen LogP contribution in [0.1, 0.15) is 13.8 Å². The molecule has 0 heterocycles. The fraction of sp³-hybridized carbons (Fsp3) is 1.00. The van der Waals surface area contributed by atoms with Crippen LogP contribution in [0, 0.1) is 0 Å². The molecule has 12 nitrogen and oxygen atoms in total. The van der Waals surface area contributed by atoms with E-state index >= 15 is 0 Å². The van der Waals surface area contributed by atoms with Crippen molar-refractivity contribution in [2.24, 2.45) is 0 Å². The molecule has 0 rings (SSSR count). The van der Waals surface area contributed by atoms with Crippen molar-refractivity contribution in [2.75, 3.05) is 28.4 Å². The Balaban J connectivity index is 5.87. The van der Waals surface area contributed by atoms with Crippen molar-refractivity contribution in [1.82, 2.24) is 0 Å². The molecule has 0 aromatic heterocycles. The largest absolute Gasteiger partial charge is 0.673 e. The Morgan fingerprint density at radius 3 is 1.25 bits per heavy atom. The first-order valence-electron chi connectivity index (χ1n) is 10.1. The fourth-order valence-corrected chi connectivity index (χ4v) is 21.3. The van der Waals surface area contributed by atoms with Gasteiger partial charge < -0.3 is 53.6 Å². The summed E-state index contributed by atoms with van der Waals surface area (Å²) in [6, 6.07) is 0. The summed E-state index contributed by atoms with van der Waals surface area (Å²) in [4.78, 5) is 10.2. The second kappa shape index (κ2) is 12.5. The van der Waals surface area contributed by atoms with E-state index in [2.05, 4.69) is 0 Å². The second-order valence-electron chi connectivity index (χ2n) is 8.53. The van der Waals surface area contributed by atoms with E-state index in [1.54, 1.807) is 26.2 Å². The summed E-state index contributed by atoms with van der Waals surface area (Å²) in [5.74, 6) is 0. The summed E-state index contributed by atoms with van der Waals surface area (Å²) in [6.07, 6.45) is -3.18. The minimum Gasteiger partial charge on any atom is -0.416 e. The number of rotatable bonds is 16. The highest BCUT2D eigenvalue weighted by atomic mass is 28.5. The minimum absolute atomic E-state index is 1.05. The molecule has 0 saturated heterocycles. The van der Waals surface area contributed by atoms with E-state index in [0.29, 0.717) is 0 Å². The molecule has 0 fully saturated rings. The highest BCUT2D eigenvalue weighted by Gasteiger charge is 2.62. The Morgan fingerprint density at radius 2 is 0.938 bits per heavy atom. The van der Waals surface area contributed by atoms with Crippen LogP contribution in [0.15, 0.2) is 0 Å². The van der Waals surface area contributed by atoms with E-state index in [-0.39, 0.29) is 0 Å². The smallest absolute Gasteiger partial charge is 0.416 e. The normalized spacial score (nSPS) is 17.3. The van der Waals surface area contributed by atoms with Crippen molar-refractivity contribution in [3.8, 4) is 0 Å². The third kappa shape index (κ3) is 10.9. The van der Waals surface area contributed by atoms with Crippen LogP contribution in [0.3, 0.4) is 0 Å². The van der Waals surface area contributed by atoms with Gasteiger partial charge in [0.2, 0.25) is 0 Å². The number of aliphatic hydroxyl groups is 2. The summed E-state index contributed by atoms with van der Waals surface area (Å²) in [5.41, 5.74) is 0. The summed E-state index contributed by atoms with van der Waals surface area (Å²) in [5, 5.41) is 20.0. The molecule has 0 saturated carbocycles. The van der Waals surface area contributed by atoms with Crippen LogP contribution in [0.5, 0.6) is 0 Å². The quantitative estimate of drug-likeness (QED) is 0.232. The lowest BCUT2D eigenvalue weighted by atomic mass is 10.1. The van der Waals surface area contributed by atoms with E-state index in [1.807, 2.05) is 13.1 Å². The molecule has 3 atom stereocenters. The molecule has 0 amide bonds. The zero-order chi connectivity index (χ0) is 25.6. The lowest BCUT2D eigenvalue weighted by molar-refractivity contribution is -0.101. The standard InChI is InChI=1S/C15H42O12Si5/c1-13(16)15(14(2)17)23-31(19-3,20-4)27-32(21-5,22-6)26-30(11,12)25-29(9,10)24-28(7,8)18/h13-18H,1-12H3/t13-,14?,15?/m0/s1. The summed E-state index contributed by atoms with van der Waals surface area (Å²) in [6.45, 7) is 13.4. The Labute approximate surface area is 197 Å². The van der Waals surface area contributed by atoms with Gasteiger partial charge >= 0.3 is 43.8 Å². The Bertz CT molecular complexity index is 541. The molecule has 0 aliphatic heterocycles. The number of aliphatic hydroxyl groups excluding tert-OH is 2. The van der Waals surface area contributed by atoms with Gasteiger partial charge in [0, 0.05) is 28.4 Å². The van der Waals surface area contributed by atoms with Crippen molar-refractivity contribution in [3.63, 3.8) is 0 Å². The summed E-state index contributed by atoms with van der Waals surface area (Å²) in [7, 11) is -11.4. The minimum atomic E-state index is -4.03. The first-order chi connectivity index (χ1) is 14.3. The van der Waals surface area contributed by atoms with Crippen LogP contribution >= 0.6 is 0 Å². The van der Waals surface area contributed by atoms with Crippen LogP contribution in [0.25, 0.3) is 0 Å². The van der Waals surface area contributed by atoms with Crippen molar-refractivity contribution in [1.29, 1.82) is 0 Å². The van der Waals surface area contributed by atoms with Crippen LogP contribution in [-0.2, 0) is 38.6 Å². The average molecular weight is 555 g/mol. The molecule has 0 radical (unpaired) electrons. The van der Waals surface area contributed by atoms with Gasteiger partial charge in [0.15, 0.2) is 0 Å². The third-order valence-corrected chi connectivity index (χ3v) is 19.3. The fourth-order valence-electron chi connectivity index (χ4n) is 3.01. The molecule has 0 aromatic rings. The molecule has 194 valence electrons. The maximum atomic E-state index is 10.2. The molecule has 0 aliphatic carbocycles. The van der Waals surface area contributed by atoms with Crippen LogP contribution in [0.2, 0.25) is 39.3 Å². The van der Waals surface area contributed by atoms with E-state index in [1.165, 1.54) is 42.3 Å². The molecule has 0 aliphatic rings. The van der Waals surface area contributed by atoms with E-state index in [4.69, 9.17) is 38.6 Å².